The molecule has 0 bridgehead atoms. The molecule has 0 saturated carbocycles. The second-order valence-electron chi connectivity index (χ2n) is 9.56. The van der Waals surface area contributed by atoms with E-state index in [9.17, 15) is 5.11 Å². The number of H-pyrrole nitrogens is 1. The third-order valence-electron chi connectivity index (χ3n) is 7.14. The van der Waals surface area contributed by atoms with Gasteiger partial charge in [-0.3, -0.25) is 4.57 Å². The van der Waals surface area contributed by atoms with Crippen LogP contribution in [0.1, 0.15) is 43.2 Å². The van der Waals surface area contributed by atoms with Crippen LogP contribution in [0.25, 0.3) is 16.6 Å². The van der Waals surface area contributed by atoms with Crippen molar-refractivity contribution in [3.63, 3.8) is 0 Å². The molecule has 2 aromatic carbocycles. The summed E-state index contributed by atoms with van der Waals surface area (Å²) >= 11 is 0. The minimum Gasteiger partial charge on any atom is -0.393 e. The number of piperidine rings is 1. The fourth-order valence-corrected chi connectivity index (χ4v) is 5.23. The molecule has 1 aliphatic rings. The molecule has 3 heterocycles. The number of hydrogen-bond donors (Lipinski definition) is 2. The number of aromatic nitrogens is 4. The van der Waals surface area contributed by atoms with Crippen molar-refractivity contribution in [2.24, 2.45) is 5.92 Å². The Morgan fingerprint density at radius 1 is 1.06 bits per heavy atom. The van der Waals surface area contributed by atoms with E-state index >= 15 is 0 Å². The van der Waals surface area contributed by atoms with E-state index in [-0.39, 0.29) is 6.10 Å². The van der Waals surface area contributed by atoms with Crippen molar-refractivity contribution in [1.29, 1.82) is 0 Å². The molecule has 2 unspecified atom stereocenters. The molecular weight excluding hydrogens is 410 g/mol. The smallest absolute Gasteiger partial charge is 0.123 e. The first-order valence-corrected chi connectivity index (χ1v) is 12.1. The second kappa shape index (κ2) is 9.89. The fourth-order valence-electron chi connectivity index (χ4n) is 5.23. The summed E-state index contributed by atoms with van der Waals surface area (Å²) in [6.07, 6.45) is 9.02. The highest BCUT2D eigenvalue weighted by Gasteiger charge is 2.23. The van der Waals surface area contributed by atoms with Gasteiger partial charge in [0.1, 0.15) is 12.7 Å². The second-order valence-corrected chi connectivity index (χ2v) is 9.56. The number of aliphatic hydroxyl groups excluding tert-OH is 1. The van der Waals surface area contributed by atoms with Crippen LogP contribution < -0.4 is 0 Å². The van der Waals surface area contributed by atoms with Gasteiger partial charge < -0.3 is 15.0 Å². The van der Waals surface area contributed by atoms with E-state index in [1.165, 1.54) is 24.0 Å². The predicted molar refractivity (Wildman–Crippen MR) is 132 cm³/mol. The van der Waals surface area contributed by atoms with Gasteiger partial charge in [-0.1, -0.05) is 37.3 Å². The molecule has 0 radical (unpaired) electrons. The average molecular weight is 444 g/mol. The lowest BCUT2D eigenvalue weighted by Crippen LogP contribution is -2.37. The predicted octanol–water partition coefficient (Wildman–Crippen LogP) is 4.56. The summed E-state index contributed by atoms with van der Waals surface area (Å²) in [7, 11) is 0. The number of hydrogen-bond acceptors (Lipinski definition) is 4. The van der Waals surface area contributed by atoms with Crippen LogP contribution in [0.2, 0.25) is 0 Å². The zero-order valence-electron chi connectivity index (χ0n) is 19.3. The van der Waals surface area contributed by atoms with Crippen molar-refractivity contribution in [2.45, 2.75) is 44.6 Å². The van der Waals surface area contributed by atoms with Crippen LogP contribution in [0.15, 0.2) is 67.4 Å². The highest BCUT2D eigenvalue weighted by molar-refractivity contribution is 5.85. The first-order chi connectivity index (χ1) is 16.2. The van der Waals surface area contributed by atoms with Gasteiger partial charge in [-0.05, 0) is 73.5 Å². The summed E-state index contributed by atoms with van der Waals surface area (Å²) in [5.74, 6) is 1.15. The third kappa shape index (κ3) is 5.18. The zero-order valence-corrected chi connectivity index (χ0v) is 19.3. The van der Waals surface area contributed by atoms with Crippen molar-refractivity contribution >= 4 is 10.9 Å². The highest BCUT2D eigenvalue weighted by Crippen LogP contribution is 2.28. The number of rotatable bonds is 8. The van der Waals surface area contributed by atoms with Crippen molar-refractivity contribution < 1.29 is 5.11 Å². The Morgan fingerprint density at radius 3 is 2.58 bits per heavy atom. The summed E-state index contributed by atoms with van der Waals surface area (Å²) < 4.78 is 1.90. The highest BCUT2D eigenvalue weighted by atomic mass is 16.3. The summed E-state index contributed by atoms with van der Waals surface area (Å²) in [5.41, 5.74) is 4.71. The van der Waals surface area contributed by atoms with E-state index < -0.39 is 0 Å². The minimum absolute atomic E-state index is 0.317. The summed E-state index contributed by atoms with van der Waals surface area (Å²) in [4.78, 5) is 5.94. The molecule has 33 heavy (non-hydrogen) atoms. The number of aromatic amines is 1. The number of benzene rings is 2. The summed E-state index contributed by atoms with van der Waals surface area (Å²) in [6.45, 7) is 5.69. The molecule has 5 rings (SSSR count). The Bertz CT molecular complexity index is 1150. The van der Waals surface area contributed by atoms with Crippen molar-refractivity contribution in [2.75, 3.05) is 19.6 Å². The number of nitrogens with one attached hydrogen (secondary N) is 1. The monoisotopic (exact) mass is 443 g/mol. The fraction of sp³-hybridized carbons (Fsp3) is 0.407. The van der Waals surface area contributed by atoms with Gasteiger partial charge >= 0.3 is 0 Å². The van der Waals surface area contributed by atoms with Crippen molar-refractivity contribution in [1.82, 2.24) is 24.6 Å². The van der Waals surface area contributed by atoms with E-state index in [1.54, 1.807) is 12.7 Å². The van der Waals surface area contributed by atoms with E-state index in [0.29, 0.717) is 18.3 Å². The first kappa shape index (κ1) is 21.9. The van der Waals surface area contributed by atoms with Crippen LogP contribution in [0.3, 0.4) is 0 Å². The Morgan fingerprint density at radius 2 is 1.82 bits per heavy atom. The van der Waals surface area contributed by atoms with Crippen LogP contribution in [0.4, 0.5) is 0 Å². The molecule has 1 saturated heterocycles. The van der Waals surface area contributed by atoms with Gasteiger partial charge in [-0.15, -0.1) is 10.2 Å². The van der Waals surface area contributed by atoms with Gasteiger partial charge in [0.05, 0.1) is 6.10 Å². The molecule has 1 aliphatic heterocycles. The Balaban J connectivity index is 1.14. The van der Waals surface area contributed by atoms with Gasteiger partial charge in [-0.25, -0.2) is 0 Å². The third-order valence-corrected chi connectivity index (χ3v) is 7.14. The van der Waals surface area contributed by atoms with E-state index in [4.69, 9.17) is 0 Å². The summed E-state index contributed by atoms with van der Waals surface area (Å²) in [5, 5.41) is 19.9. The zero-order chi connectivity index (χ0) is 22.6. The minimum atomic E-state index is -0.317. The summed E-state index contributed by atoms with van der Waals surface area (Å²) in [6, 6.07) is 17.1. The maximum atomic E-state index is 10.9. The van der Waals surface area contributed by atoms with Gasteiger partial charge in [0, 0.05) is 35.8 Å². The molecule has 0 spiro atoms. The van der Waals surface area contributed by atoms with Gasteiger partial charge in [0.2, 0.25) is 0 Å². The largest absolute Gasteiger partial charge is 0.393 e. The van der Waals surface area contributed by atoms with Crippen LogP contribution in [-0.4, -0.2) is 55.5 Å². The average Bonchev–Trinajstić information content (AvgIpc) is 3.51. The van der Waals surface area contributed by atoms with Crippen LogP contribution >= 0.6 is 0 Å². The normalized spacial score (nSPS) is 17.4. The van der Waals surface area contributed by atoms with Gasteiger partial charge in [0.15, 0.2) is 0 Å². The van der Waals surface area contributed by atoms with E-state index in [2.05, 4.69) is 75.5 Å². The topological polar surface area (TPSA) is 70.0 Å². The van der Waals surface area contributed by atoms with Gasteiger partial charge in [-0.2, -0.15) is 0 Å². The Kier molecular flexibility index (Phi) is 6.55. The lowest BCUT2D eigenvalue weighted by molar-refractivity contribution is 0.106. The lowest BCUT2D eigenvalue weighted by Gasteiger charge is -2.34. The molecule has 172 valence electrons. The Hall–Kier alpha value is -2.96. The van der Waals surface area contributed by atoms with Gasteiger partial charge in [0.25, 0.3) is 0 Å². The maximum absolute atomic E-state index is 10.9. The van der Waals surface area contributed by atoms with E-state index in [1.807, 2.05) is 10.8 Å². The van der Waals surface area contributed by atoms with Crippen molar-refractivity contribution in [3.8, 4) is 5.69 Å². The molecule has 2 aromatic heterocycles. The number of fused-ring (bicyclic) bond motifs is 1. The molecule has 6 nitrogen and oxygen atoms in total. The molecule has 4 aromatic rings. The number of likely N-dealkylation sites (tertiary alicyclic amines) is 1. The molecule has 2 N–H and O–H groups in total. The lowest BCUT2D eigenvalue weighted by atomic mass is 9.88. The molecule has 6 heteroatoms. The van der Waals surface area contributed by atoms with Crippen LogP contribution in [0, 0.1) is 5.92 Å². The maximum Gasteiger partial charge on any atom is 0.123 e. The molecule has 2 atom stereocenters. The Labute approximate surface area is 195 Å². The van der Waals surface area contributed by atoms with Crippen LogP contribution in [0.5, 0.6) is 0 Å². The SMILES string of the molecule is CC(CN1CCC(CC(O)Cc2c[nH]c3ccc(-n4cnnc4)cc23)CC1)c1ccccc1. The quantitative estimate of drug-likeness (QED) is 0.419. The van der Waals surface area contributed by atoms with Crippen molar-refractivity contribution in [3.05, 3.63) is 78.5 Å². The number of aliphatic hydroxyl groups is 1. The molecule has 0 aliphatic carbocycles. The standard InChI is InChI=1S/C27H33N5O/c1-20(22-5-3-2-4-6-22)17-31-11-9-21(10-12-31)13-25(33)14-23-16-28-27-8-7-24(15-26(23)27)32-18-29-30-19-32/h2-8,15-16,18-21,25,28,33H,9-14,17H2,1H3. The first-order valence-electron chi connectivity index (χ1n) is 12.1. The molecule has 1 fully saturated rings. The molecule has 0 amide bonds. The number of nitrogens with zero attached hydrogens (tertiary/aromatic N) is 4. The van der Waals surface area contributed by atoms with Crippen LogP contribution in [-0.2, 0) is 6.42 Å². The molecular formula is C27H33N5O. The van der Waals surface area contributed by atoms with E-state index in [0.717, 1.165) is 42.6 Å².